The lowest BCUT2D eigenvalue weighted by Gasteiger charge is -2.07. The highest BCUT2D eigenvalue weighted by Crippen LogP contribution is 2.23. The molecule has 60 valence electrons. The lowest BCUT2D eigenvalue weighted by Crippen LogP contribution is -2.22. The van der Waals surface area contributed by atoms with Crippen LogP contribution in [0, 0.1) is 0 Å². The number of halogens is 3. The van der Waals surface area contributed by atoms with E-state index in [9.17, 15) is 18.0 Å². The molecular formula is C4H5F3O2S. The molecule has 1 atom stereocenters. The van der Waals surface area contributed by atoms with Gasteiger partial charge < -0.3 is 5.11 Å². The molecule has 0 unspecified atom stereocenters. The van der Waals surface area contributed by atoms with Crippen LogP contribution in [0.3, 0.4) is 0 Å². The summed E-state index contributed by atoms with van der Waals surface area (Å²) in [5, 5.41) is 6.32. The van der Waals surface area contributed by atoms with Gasteiger partial charge in [0.05, 0.1) is 6.42 Å². The number of alkyl halides is 3. The third kappa shape index (κ3) is 4.49. The van der Waals surface area contributed by atoms with E-state index in [0.29, 0.717) is 0 Å². The van der Waals surface area contributed by atoms with Gasteiger partial charge in [-0.15, -0.1) is 0 Å². The largest absolute Gasteiger partial charge is 0.480 e. The van der Waals surface area contributed by atoms with Gasteiger partial charge in [0.1, 0.15) is 5.25 Å². The number of aliphatic carboxylic acids is 1. The van der Waals surface area contributed by atoms with Gasteiger partial charge >= 0.3 is 12.1 Å². The van der Waals surface area contributed by atoms with Gasteiger partial charge in [0.25, 0.3) is 0 Å². The Kier molecular flexibility index (Phi) is 3.01. The highest BCUT2D eigenvalue weighted by atomic mass is 32.1. The molecule has 0 aromatic carbocycles. The van der Waals surface area contributed by atoms with Crippen LogP contribution in [0.15, 0.2) is 0 Å². The summed E-state index contributed by atoms with van der Waals surface area (Å²) in [5.74, 6) is -1.55. The van der Waals surface area contributed by atoms with Crippen molar-refractivity contribution in [3.05, 3.63) is 0 Å². The quantitative estimate of drug-likeness (QED) is 0.619. The number of hydrogen-bond acceptors (Lipinski definition) is 2. The lowest BCUT2D eigenvalue weighted by molar-refractivity contribution is -0.151. The SMILES string of the molecule is O=C(O)[C@H](S)CC(F)(F)F. The van der Waals surface area contributed by atoms with E-state index in [1.165, 1.54) is 0 Å². The molecule has 0 aromatic rings. The molecule has 0 saturated carbocycles. The predicted molar refractivity (Wildman–Crippen MR) is 31.1 cm³/mol. The molecule has 0 radical (unpaired) electrons. The Hall–Kier alpha value is -0.390. The lowest BCUT2D eigenvalue weighted by atomic mass is 10.3. The van der Waals surface area contributed by atoms with E-state index in [2.05, 4.69) is 12.6 Å². The van der Waals surface area contributed by atoms with Crippen LogP contribution in [0.2, 0.25) is 0 Å². The molecule has 0 saturated heterocycles. The number of hydrogen-bond donors (Lipinski definition) is 2. The summed E-state index contributed by atoms with van der Waals surface area (Å²) in [6.45, 7) is 0. The number of carboxylic acids is 1. The fourth-order valence-corrected chi connectivity index (χ4v) is 0.514. The van der Waals surface area contributed by atoms with E-state index in [-0.39, 0.29) is 0 Å². The van der Waals surface area contributed by atoms with Crippen molar-refractivity contribution >= 4 is 18.6 Å². The second-order valence-electron chi connectivity index (χ2n) is 1.67. The van der Waals surface area contributed by atoms with Crippen molar-refractivity contribution in [3.63, 3.8) is 0 Å². The minimum absolute atomic E-state index is 1.40. The van der Waals surface area contributed by atoms with Crippen molar-refractivity contribution in [1.82, 2.24) is 0 Å². The maximum absolute atomic E-state index is 11.4. The fraction of sp³-hybridized carbons (Fsp3) is 0.750. The second-order valence-corrected chi connectivity index (χ2v) is 2.30. The van der Waals surface area contributed by atoms with Gasteiger partial charge in [0, 0.05) is 0 Å². The van der Waals surface area contributed by atoms with Crippen molar-refractivity contribution in [3.8, 4) is 0 Å². The zero-order valence-corrected chi connectivity index (χ0v) is 5.62. The average Bonchev–Trinajstić information content (AvgIpc) is 1.60. The Morgan fingerprint density at radius 3 is 2.10 bits per heavy atom. The molecule has 2 nitrogen and oxygen atoms in total. The summed E-state index contributed by atoms with van der Waals surface area (Å²) >= 11 is 3.20. The third-order valence-electron chi connectivity index (χ3n) is 0.710. The van der Waals surface area contributed by atoms with E-state index in [1.807, 2.05) is 0 Å². The van der Waals surface area contributed by atoms with Crippen LogP contribution in [0.25, 0.3) is 0 Å². The standard InChI is InChI=1S/C4H5F3O2S/c5-4(6,7)1-2(10)3(8)9/h2,10H,1H2,(H,8,9)/t2-/m1/s1. The number of carboxylic acid groups (broad SMARTS) is 1. The Morgan fingerprint density at radius 1 is 1.60 bits per heavy atom. The van der Waals surface area contributed by atoms with Crippen LogP contribution in [0.5, 0.6) is 0 Å². The number of rotatable bonds is 2. The number of thiol groups is 1. The highest BCUT2D eigenvalue weighted by Gasteiger charge is 2.33. The summed E-state index contributed by atoms with van der Waals surface area (Å²) in [6, 6.07) is 0. The maximum Gasteiger partial charge on any atom is 0.390 e. The van der Waals surface area contributed by atoms with Crippen molar-refractivity contribution in [1.29, 1.82) is 0 Å². The van der Waals surface area contributed by atoms with E-state index in [1.54, 1.807) is 0 Å². The summed E-state index contributed by atoms with van der Waals surface area (Å²) in [6.07, 6.45) is -5.85. The molecule has 0 rings (SSSR count). The molecule has 0 aromatic heterocycles. The van der Waals surface area contributed by atoms with Crippen LogP contribution in [-0.2, 0) is 4.79 Å². The van der Waals surface area contributed by atoms with Crippen molar-refractivity contribution in [2.45, 2.75) is 17.8 Å². The molecule has 0 heterocycles. The molecule has 0 bridgehead atoms. The second kappa shape index (κ2) is 3.14. The molecule has 0 aliphatic carbocycles. The zero-order chi connectivity index (χ0) is 8.36. The Labute approximate surface area is 60.4 Å². The Balaban J connectivity index is 3.80. The van der Waals surface area contributed by atoms with Crippen LogP contribution in [0.4, 0.5) is 13.2 Å². The summed E-state index contributed by atoms with van der Waals surface area (Å²) in [7, 11) is 0. The zero-order valence-electron chi connectivity index (χ0n) is 4.72. The highest BCUT2D eigenvalue weighted by molar-refractivity contribution is 7.81. The average molecular weight is 174 g/mol. The molecule has 0 aliphatic rings. The first kappa shape index (κ1) is 9.61. The van der Waals surface area contributed by atoms with Crippen LogP contribution in [0.1, 0.15) is 6.42 Å². The molecule has 1 N–H and O–H groups in total. The van der Waals surface area contributed by atoms with Crippen LogP contribution < -0.4 is 0 Å². The van der Waals surface area contributed by atoms with Crippen LogP contribution in [-0.4, -0.2) is 22.5 Å². The molecule has 0 aliphatic heterocycles. The first-order chi connectivity index (χ1) is 4.33. The Morgan fingerprint density at radius 2 is 2.00 bits per heavy atom. The normalized spacial score (nSPS) is 14.8. The van der Waals surface area contributed by atoms with Gasteiger partial charge in [-0.3, -0.25) is 4.79 Å². The van der Waals surface area contributed by atoms with Crippen LogP contribution >= 0.6 is 12.6 Å². The number of carbonyl (C=O) groups is 1. The molecule has 0 fully saturated rings. The van der Waals surface area contributed by atoms with E-state index >= 15 is 0 Å². The van der Waals surface area contributed by atoms with Gasteiger partial charge in [0.2, 0.25) is 0 Å². The van der Waals surface area contributed by atoms with E-state index in [4.69, 9.17) is 5.11 Å². The predicted octanol–water partition coefficient (Wildman–Crippen LogP) is 1.32. The first-order valence-electron chi connectivity index (χ1n) is 2.30. The minimum Gasteiger partial charge on any atom is -0.480 e. The fourth-order valence-electron chi connectivity index (χ4n) is 0.307. The minimum atomic E-state index is -4.45. The van der Waals surface area contributed by atoms with Crippen molar-refractivity contribution in [2.75, 3.05) is 0 Å². The van der Waals surface area contributed by atoms with Crippen molar-refractivity contribution in [2.24, 2.45) is 0 Å². The molecular weight excluding hydrogens is 169 g/mol. The summed E-state index contributed by atoms with van der Waals surface area (Å²) < 4.78 is 34.1. The summed E-state index contributed by atoms with van der Waals surface area (Å²) in [4.78, 5) is 9.80. The van der Waals surface area contributed by atoms with Gasteiger partial charge in [0.15, 0.2) is 0 Å². The maximum atomic E-state index is 11.4. The van der Waals surface area contributed by atoms with Gasteiger partial charge in [-0.2, -0.15) is 25.8 Å². The summed E-state index contributed by atoms with van der Waals surface area (Å²) in [5.41, 5.74) is 0. The smallest absolute Gasteiger partial charge is 0.390 e. The third-order valence-corrected chi connectivity index (χ3v) is 1.11. The van der Waals surface area contributed by atoms with E-state index in [0.717, 1.165) is 0 Å². The topological polar surface area (TPSA) is 37.3 Å². The molecule has 10 heavy (non-hydrogen) atoms. The van der Waals surface area contributed by atoms with Gasteiger partial charge in [-0.25, -0.2) is 0 Å². The van der Waals surface area contributed by atoms with Gasteiger partial charge in [-0.05, 0) is 0 Å². The first-order valence-corrected chi connectivity index (χ1v) is 2.82. The molecule has 0 spiro atoms. The van der Waals surface area contributed by atoms with Gasteiger partial charge in [-0.1, -0.05) is 0 Å². The molecule has 6 heteroatoms. The van der Waals surface area contributed by atoms with E-state index < -0.39 is 23.8 Å². The monoisotopic (exact) mass is 174 g/mol. The molecule has 0 amide bonds. The Bertz CT molecular complexity index is 133. The van der Waals surface area contributed by atoms with Crippen molar-refractivity contribution < 1.29 is 23.1 Å².